The first-order chi connectivity index (χ1) is 11.2. The molecule has 1 heterocycles. The highest BCUT2D eigenvalue weighted by Crippen LogP contribution is 2.32. The van der Waals surface area contributed by atoms with E-state index in [4.69, 9.17) is 5.14 Å². The van der Waals surface area contributed by atoms with Crippen molar-refractivity contribution in [2.24, 2.45) is 5.14 Å². The Morgan fingerprint density at radius 1 is 1.29 bits per heavy atom. The number of benzene rings is 2. The third kappa shape index (κ3) is 2.85. The zero-order valence-electron chi connectivity index (χ0n) is 12.7. The number of nitrogens with two attached hydrogens (primary N) is 1. The topological polar surface area (TPSA) is 80.5 Å². The van der Waals surface area contributed by atoms with Gasteiger partial charge in [0, 0.05) is 16.7 Å². The van der Waals surface area contributed by atoms with Crippen molar-refractivity contribution in [3.8, 4) is 0 Å². The van der Waals surface area contributed by atoms with Crippen LogP contribution in [-0.4, -0.2) is 20.9 Å². The average molecular weight is 413 g/mol. The van der Waals surface area contributed by atoms with E-state index >= 15 is 0 Å². The zero-order valence-corrected chi connectivity index (χ0v) is 15.1. The van der Waals surface area contributed by atoms with Crippen LogP contribution in [0.5, 0.6) is 0 Å². The number of fused-ring (bicyclic) bond motifs is 1. The van der Waals surface area contributed by atoms with Crippen LogP contribution >= 0.6 is 15.9 Å². The van der Waals surface area contributed by atoms with E-state index < -0.39 is 21.7 Å². The zero-order chi connectivity index (χ0) is 17.6. The summed E-state index contributed by atoms with van der Waals surface area (Å²) in [5.41, 5.74) is 1.57. The fourth-order valence-corrected chi connectivity index (χ4v) is 3.56. The number of primary sulfonamides is 1. The summed E-state index contributed by atoms with van der Waals surface area (Å²) < 4.78 is 38.0. The molecule has 0 saturated heterocycles. The predicted octanol–water partition coefficient (Wildman–Crippen LogP) is 2.75. The van der Waals surface area contributed by atoms with Crippen LogP contribution in [0.15, 0.2) is 39.7 Å². The molecule has 24 heavy (non-hydrogen) atoms. The van der Waals surface area contributed by atoms with Gasteiger partial charge in [0.25, 0.3) is 5.91 Å². The smallest absolute Gasteiger partial charge is 0.261 e. The van der Waals surface area contributed by atoms with Crippen LogP contribution in [0, 0.1) is 12.7 Å². The number of hydrogen-bond donors (Lipinski definition) is 1. The summed E-state index contributed by atoms with van der Waals surface area (Å²) in [6, 6.07) is 7.43. The highest BCUT2D eigenvalue weighted by atomic mass is 79.9. The van der Waals surface area contributed by atoms with Crippen LogP contribution in [0.2, 0.25) is 0 Å². The molecule has 3 rings (SSSR count). The van der Waals surface area contributed by atoms with Gasteiger partial charge in [-0.2, -0.15) is 0 Å². The van der Waals surface area contributed by atoms with Crippen molar-refractivity contribution in [1.29, 1.82) is 0 Å². The number of sulfonamides is 1. The van der Waals surface area contributed by atoms with Gasteiger partial charge in [0.15, 0.2) is 0 Å². The highest BCUT2D eigenvalue weighted by Gasteiger charge is 2.29. The number of nitrogens with zero attached hydrogens (tertiary/aromatic N) is 1. The summed E-state index contributed by atoms with van der Waals surface area (Å²) >= 11 is 3.22. The molecule has 0 unspecified atom stereocenters. The minimum atomic E-state index is -3.88. The number of carbonyl (C=O) groups excluding carboxylic acids is 1. The van der Waals surface area contributed by atoms with Gasteiger partial charge >= 0.3 is 0 Å². The Hall–Kier alpha value is -1.77. The molecule has 0 aromatic heterocycles. The van der Waals surface area contributed by atoms with Crippen molar-refractivity contribution in [1.82, 2.24) is 0 Å². The van der Waals surface area contributed by atoms with Crippen LogP contribution in [0.4, 0.5) is 10.1 Å². The third-order valence-electron chi connectivity index (χ3n) is 4.08. The second-order valence-electron chi connectivity index (χ2n) is 5.58. The lowest BCUT2D eigenvalue weighted by molar-refractivity contribution is 0.0985. The fourth-order valence-electron chi connectivity index (χ4n) is 2.72. The Kier molecular flexibility index (Phi) is 4.23. The van der Waals surface area contributed by atoms with Crippen molar-refractivity contribution in [3.05, 3.63) is 57.3 Å². The van der Waals surface area contributed by atoms with Crippen molar-refractivity contribution in [3.63, 3.8) is 0 Å². The van der Waals surface area contributed by atoms with E-state index in [0.29, 0.717) is 28.7 Å². The largest absolute Gasteiger partial charge is 0.308 e. The Labute approximate surface area is 147 Å². The standard InChI is InChI=1S/C16H14BrFN2O3S/c1-9-13(17)5-4-12(15(9)18)16(21)20-7-6-10-2-3-11(8-14(10)20)24(19,22)23/h2-5,8H,6-7H2,1H3,(H2,19,22,23). The minimum Gasteiger partial charge on any atom is -0.308 e. The Balaban J connectivity index is 2.05. The van der Waals surface area contributed by atoms with E-state index in [1.165, 1.54) is 23.1 Å². The molecule has 0 radical (unpaired) electrons. The first kappa shape index (κ1) is 17.1. The van der Waals surface area contributed by atoms with E-state index in [1.54, 1.807) is 19.1 Å². The molecule has 2 N–H and O–H groups in total. The third-order valence-corrected chi connectivity index (χ3v) is 5.85. The number of amides is 1. The second kappa shape index (κ2) is 5.94. The summed E-state index contributed by atoms with van der Waals surface area (Å²) in [4.78, 5) is 14.1. The molecule has 0 fully saturated rings. The molecule has 5 nitrogen and oxygen atoms in total. The number of carbonyl (C=O) groups is 1. The summed E-state index contributed by atoms with van der Waals surface area (Å²) in [6.45, 7) is 1.93. The van der Waals surface area contributed by atoms with E-state index in [9.17, 15) is 17.6 Å². The fraction of sp³-hybridized carbons (Fsp3) is 0.188. The molecule has 126 valence electrons. The SMILES string of the molecule is Cc1c(Br)ccc(C(=O)N2CCc3ccc(S(N)(=O)=O)cc32)c1F. The Morgan fingerprint density at radius 3 is 2.67 bits per heavy atom. The lowest BCUT2D eigenvalue weighted by atomic mass is 10.1. The van der Waals surface area contributed by atoms with Gasteiger partial charge in [-0.15, -0.1) is 0 Å². The number of halogens is 2. The van der Waals surface area contributed by atoms with Crippen molar-refractivity contribution >= 4 is 37.5 Å². The molecule has 2 aromatic carbocycles. The lowest BCUT2D eigenvalue weighted by Crippen LogP contribution is -2.30. The van der Waals surface area contributed by atoms with Crippen molar-refractivity contribution in [2.75, 3.05) is 11.4 Å². The van der Waals surface area contributed by atoms with Gasteiger partial charge < -0.3 is 4.90 Å². The number of anilines is 1. The van der Waals surface area contributed by atoms with Gasteiger partial charge in [-0.05, 0) is 48.7 Å². The normalized spacial score (nSPS) is 13.9. The molecule has 2 aromatic rings. The van der Waals surface area contributed by atoms with Crippen molar-refractivity contribution < 1.29 is 17.6 Å². The van der Waals surface area contributed by atoms with Crippen LogP contribution in [0.25, 0.3) is 0 Å². The van der Waals surface area contributed by atoms with Gasteiger partial charge in [0.2, 0.25) is 10.0 Å². The maximum absolute atomic E-state index is 14.4. The van der Waals surface area contributed by atoms with Crippen LogP contribution in [-0.2, 0) is 16.4 Å². The van der Waals surface area contributed by atoms with Crippen LogP contribution in [0.3, 0.4) is 0 Å². The summed E-state index contributed by atoms with van der Waals surface area (Å²) in [5, 5.41) is 5.15. The summed E-state index contributed by atoms with van der Waals surface area (Å²) in [7, 11) is -3.88. The molecule has 0 saturated carbocycles. The molecule has 0 spiro atoms. The molecular formula is C16H14BrFN2O3S. The molecule has 0 atom stereocenters. The van der Waals surface area contributed by atoms with Gasteiger partial charge in [0.1, 0.15) is 5.82 Å². The first-order valence-corrected chi connectivity index (χ1v) is 9.46. The minimum absolute atomic E-state index is 0.0513. The van der Waals surface area contributed by atoms with E-state index in [0.717, 1.165) is 5.56 Å². The van der Waals surface area contributed by atoms with Crippen LogP contribution < -0.4 is 10.0 Å². The highest BCUT2D eigenvalue weighted by molar-refractivity contribution is 9.10. The molecule has 0 aliphatic carbocycles. The second-order valence-corrected chi connectivity index (χ2v) is 7.99. The van der Waals surface area contributed by atoms with Gasteiger partial charge in [-0.25, -0.2) is 17.9 Å². The molecule has 8 heteroatoms. The van der Waals surface area contributed by atoms with Gasteiger partial charge in [-0.1, -0.05) is 22.0 Å². The first-order valence-electron chi connectivity index (χ1n) is 7.12. The monoisotopic (exact) mass is 412 g/mol. The summed E-state index contributed by atoms with van der Waals surface area (Å²) in [5.74, 6) is -1.10. The van der Waals surface area contributed by atoms with E-state index in [-0.39, 0.29) is 10.5 Å². The van der Waals surface area contributed by atoms with Gasteiger partial charge in [0.05, 0.1) is 10.5 Å². The molecule has 0 bridgehead atoms. The molecular weight excluding hydrogens is 399 g/mol. The number of hydrogen-bond acceptors (Lipinski definition) is 3. The lowest BCUT2D eigenvalue weighted by Gasteiger charge is -2.19. The maximum Gasteiger partial charge on any atom is 0.261 e. The van der Waals surface area contributed by atoms with Crippen LogP contribution in [0.1, 0.15) is 21.5 Å². The Bertz CT molecular complexity index is 960. The predicted molar refractivity (Wildman–Crippen MR) is 92.0 cm³/mol. The molecule has 1 aliphatic heterocycles. The van der Waals surface area contributed by atoms with Gasteiger partial charge in [-0.3, -0.25) is 4.79 Å². The maximum atomic E-state index is 14.4. The average Bonchev–Trinajstić information content (AvgIpc) is 2.94. The van der Waals surface area contributed by atoms with Crippen molar-refractivity contribution in [2.45, 2.75) is 18.2 Å². The molecule has 1 aliphatic rings. The number of rotatable bonds is 2. The van der Waals surface area contributed by atoms with E-state index in [1.807, 2.05) is 0 Å². The summed E-state index contributed by atoms with van der Waals surface area (Å²) in [6.07, 6.45) is 0.573. The quantitative estimate of drug-likeness (QED) is 0.822. The Morgan fingerprint density at radius 2 is 2.00 bits per heavy atom. The molecule has 1 amide bonds. The van der Waals surface area contributed by atoms with E-state index in [2.05, 4.69) is 15.9 Å².